The van der Waals surface area contributed by atoms with E-state index in [1.807, 2.05) is 42.5 Å². The third kappa shape index (κ3) is 4.74. The number of carbonyl (C=O) groups is 1. The molecule has 1 heterocycles. The molecule has 4 heteroatoms. The molecule has 1 aliphatic heterocycles. The lowest BCUT2D eigenvalue weighted by Gasteiger charge is -2.37. The number of ether oxygens (including phenoxy) is 1. The molecule has 150 valence electrons. The molecule has 0 aliphatic carbocycles. The molecule has 1 atom stereocenters. The highest BCUT2D eigenvalue weighted by atomic mass is 16.5. The van der Waals surface area contributed by atoms with Crippen LogP contribution in [0, 0.1) is 5.92 Å². The van der Waals surface area contributed by atoms with Crippen molar-refractivity contribution in [2.45, 2.75) is 45.6 Å². The predicted molar refractivity (Wildman–Crippen MR) is 116 cm³/mol. The zero-order valence-electron chi connectivity index (χ0n) is 17.3. The summed E-state index contributed by atoms with van der Waals surface area (Å²) in [6.07, 6.45) is 4.35. The number of nitrogens with one attached hydrogen (secondary N) is 1. The molecule has 3 rings (SSSR count). The maximum atomic E-state index is 13.0. The van der Waals surface area contributed by atoms with Crippen LogP contribution < -0.4 is 10.1 Å². The van der Waals surface area contributed by atoms with Crippen LogP contribution in [-0.2, 0) is 4.79 Å². The molecule has 1 unspecified atom stereocenters. The Bertz CT molecular complexity index is 768. The summed E-state index contributed by atoms with van der Waals surface area (Å²) in [6.45, 7) is 6.45. The second-order valence-electron chi connectivity index (χ2n) is 7.57. The van der Waals surface area contributed by atoms with Gasteiger partial charge in [-0.05, 0) is 56.0 Å². The average molecular weight is 381 g/mol. The van der Waals surface area contributed by atoms with Gasteiger partial charge in [-0.1, -0.05) is 44.2 Å². The molecule has 2 aromatic carbocycles. The van der Waals surface area contributed by atoms with Gasteiger partial charge in [0.1, 0.15) is 5.75 Å². The number of benzene rings is 2. The van der Waals surface area contributed by atoms with Crippen LogP contribution in [0.3, 0.4) is 0 Å². The molecule has 1 saturated heterocycles. The van der Waals surface area contributed by atoms with Gasteiger partial charge in [0.2, 0.25) is 5.91 Å². The smallest absolute Gasteiger partial charge is 0.228 e. The molecular formula is C24H32N2O2. The fraction of sp³-hybridized carbons (Fsp3) is 0.458. The first-order valence-corrected chi connectivity index (χ1v) is 10.4. The minimum atomic E-state index is 0.0540. The Morgan fingerprint density at radius 1 is 1.14 bits per heavy atom. The lowest BCUT2D eigenvalue weighted by molar-refractivity contribution is -0.121. The molecule has 0 radical (unpaired) electrons. The highest BCUT2D eigenvalue weighted by Crippen LogP contribution is 2.30. The number of piperidine rings is 1. The molecule has 1 aliphatic rings. The summed E-state index contributed by atoms with van der Waals surface area (Å²) in [4.78, 5) is 15.5. The van der Waals surface area contributed by atoms with Crippen molar-refractivity contribution < 1.29 is 9.53 Å². The Morgan fingerprint density at radius 2 is 1.86 bits per heavy atom. The Labute approximate surface area is 168 Å². The van der Waals surface area contributed by atoms with Gasteiger partial charge in [0, 0.05) is 23.8 Å². The zero-order chi connectivity index (χ0) is 19.9. The van der Waals surface area contributed by atoms with Crippen molar-refractivity contribution in [3.63, 3.8) is 0 Å². The van der Waals surface area contributed by atoms with Crippen LogP contribution in [0.2, 0.25) is 0 Å². The van der Waals surface area contributed by atoms with Crippen molar-refractivity contribution >= 4 is 11.6 Å². The molecule has 1 fully saturated rings. The maximum Gasteiger partial charge on any atom is 0.228 e. The van der Waals surface area contributed by atoms with E-state index in [9.17, 15) is 4.79 Å². The molecule has 28 heavy (non-hydrogen) atoms. The number of para-hydroxylation sites is 1. The van der Waals surface area contributed by atoms with Crippen LogP contribution in [0.25, 0.3) is 11.1 Å². The van der Waals surface area contributed by atoms with E-state index in [0.29, 0.717) is 6.04 Å². The van der Waals surface area contributed by atoms with E-state index in [-0.39, 0.29) is 11.8 Å². The molecule has 2 aromatic rings. The molecule has 0 spiro atoms. The third-order valence-corrected chi connectivity index (χ3v) is 5.87. The summed E-state index contributed by atoms with van der Waals surface area (Å²) in [5.41, 5.74) is 2.97. The quantitative estimate of drug-likeness (QED) is 0.718. The monoisotopic (exact) mass is 380 g/mol. The van der Waals surface area contributed by atoms with E-state index in [0.717, 1.165) is 61.3 Å². The van der Waals surface area contributed by atoms with E-state index in [1.54, 1.807) is 7.11 Å². The van der Waals surface area contributed by atoms with E-state index >= 15 is 0 Å². The van der Waals surface area contributed by atoms with Crippen molar-refractivity contribution in [1.29, 1.82) is 0 Å². The number of amides is 1. The van der Waals surface area contributed by atoms with Gasteiger partial charge in [0.05, 0.1) is 13.0 Å². The summed E-state index contributed by atoms with van der Waals surface area (Å²) in [5, 5.41) is 3.21. The number of anilines is 1. The molecule has 1 amide bonds. The predicted octanol–water partition coefficient (Wildman–Crippen LogP) is 5.20. The Balaban J connectivity index is 1.73. The second-order valence-corrected chi connectivity index (χ2v) is 7.57. The number of methoxy groups -OCH3 is 1. The highest BCUT2D eigenvalue weighted by molar-refractivity contribution is 5.97. The van der Waals surface area contributed by atoms with Gasteiger partial charge >= 0.3 is 0 Å². The van der Waals surface area contributed by atoms with Gasteiger partial charge in [0.25, 0.3) is 0 Å². The van der Waals surface area contributed by atoms with Gasteiger partial charge < -0.3 is 10.1 Å². The van der Waals surface area contributed by atoms with Crippen LogP contribution in [-0.4, -0.2) is 37.0 Å². The average Bonchev–Trinajstić information content (AvgIpc) is 2.75. The number of hydrogen-bond donors (Lipinski definition) is 1. The minimum absolute atomic E-state index is 0.0540. The van der Waals surface area contributed by atoms with Gasteiger partial charge in [-0.15, -0.1) is 0 Å². The van der Waals surface area contributed by atoms with E-state index in [2.05, 4.69) is 30.1 Å². The van der Waals surface area contributed by atoms with Crippen LogP contribution in [0.5, 0.6) is 5.75 Å². The van der Waals surface area contributed by atoms with Crippen molar-refractivity contribution in [2.24, 2.45) is 5.92 Å². The standard InChI is InChI=1S/C24H32N2O2/c1-4-20(5-2)26-16-8-9-19(17-26)24(27)25-23-11-7-6-10-22(23)18-12-14-21(28-3)15-13-18/h6-7,10-15,19-20H,4-5,8-9,16-17H2,1-3H3,(H,25,27). The SMILES string of the molecule is CCC(CC)N1CCCC(C(=O)Nc2ccccc2-c2ccc(OC)cc2)C1. The van der Waals surface area contributed by atoms with Crippen LogP contribution in [0.4, 0.5) is 5.69 Å². The molecule has 0 bridgehead atoms. The number of likely N-dealkylation sites (tertiary alicyclic amines) is 1. The Kier molecular flexibility index (Phi) is 7.10. The van der Waals surface area contributed by atoms with Crippen LogP contribution in [0.1, 0.15) is 39.5 Å². The third-order valence-electron chi connectivity index (χ3n) is 5.87. The van der Waals surface area contributed by atoms with Crippen molar-refractivity contribution in [3.05, 3.63) is 48.5 Å². The fourth-order valence-electron chi connectivity index (χ4n) is 4.21. The van der Waals surface area contributed by atoms with Gasteiger partial charge in [-0.2, -0.15) is 0 Å². The van der Waals surface area contributed by atoms with Crippen molar-refractivity contribution in [2.75, 3.05) is 25.5 Å². The van der Waals surface area contributed by atoms with E-state index in [1.165, 1.54) is 0 Å². The first-order chi connectivity index (χ1) is 13.7. The molecular weight excluding hydrogens is 348 g/mol. The topological polar surface area (TPSA) is 41.6 Å². The normalized spacial score (nSPS) is 17.5. The first-order valence-electron chi connectivity index (χ1n) is 10.4. The summed E-state index contributed by atoms with van der Waals surface area (Å²) >= 11 is 0. The van der Waals surface area contributed by atoms with Crippen molar-refractivity contribution in [1.82, 2.24) is 4.90 Å². The van der Waals surface area contributed by atoms with E-state index < -0.39 is 0 Å². The molecule has 1 N–H and O–H groups in total. The van der Waals surface area contributed by atoms with Gasteiger partial charge in [0.15, 0.2) is 0 Å². The maximum absolute atomic E-state index is 13.0. The Hall–Kier alpha value is -2.33. The lowest BCUT2D eigenvalue weighted by atomic mass is 9.94. The van der Waals surface area contributed by atoms with Gasteiger partial charge in [-0.25, -0.2) is 0 Å². The number of carbonyl (C=O) groups excluding carboxylic acids is 1. The summed E-state index contributed by atoms with van der Waals surface area (Å²) in [6, 6.07) is 16.5. The first kappa shape index (κ1) is 20.4. The van der Waals surface area contributed by atoms with Crippen LogP contribution in [0.15, 0.2) is 48.5 Å². The van der Waals surface area contributed by atoms with Gasteiger partial charge in [-0.3, -0.25) is 9.69 Å². The number of nitrogens with zero attached hydrogens (tertiary/aromatic N) is 1. The second kappa shape index (κ2) is 9.74. The molecule has 4 nitrogen and oxygen atoms in total. The number of rotatable bonds is 7. The summed E-state index contributed by atoms with van der Waals surface area (Å²) in [5.74, 6) is 1.02. The van der Waals surface area contributed by atoms with Crippen molar-refractivity contribution in [3.8, 4) is 16.9 Å². The summed E-state index contributed by atoms with van der Waals surface area (Å²) < 4.78 is 5.25. The largest absolute Gasteiger partial charge is 0.497 e. The zero-order valence-corrected chi connectivity index (χ0v) is 17.3. The summed E-state index contributed by atoms with van der Waals surface area (Å²) in [7, 11) is 1.66. The Morgan fingerprint density at radius 3 is 2.54 bits per heavy atom. The highest BCUT2D eigenvalue weighted by Gasteiger charge is 2.28. The minimum Gasteiger partial charge on any atom is -0.497 e. The number of hydrogen-bond acceptors (Lipinski definition) is 3. The lowest BCUT2D eigenvalue weighted by Crippen LogP contribution is -2.45. The fourth-order valence-corrected chi connectivity index (χ4v) is 4.21. The molecule has 0 saturated carbocycles. The molecule has 0 aromatic heterocycles. The van der Waals surface area contributed by atoms with E-state index in [4.69, 9.17) is 4.74 Å². The van der Waals surface area contributed by atoms with Crippen LogP contribution >= 0.6 is 0 Å².